The summed E-state index contributed by atoms with van der Waals surface area (Å²) in [6, 6.07) is 18.6. The largest absolute Gasteiger partial charge is 0.497 e. The second-order valence-electron chi connectivity index (χ2n) is 8.86. The van der Waals surface area contributed by atoms with Gasteiger partial charge in [0.2, 0.25) is 0 Å². The van der Waals surface area contributed by atoms with Crippen LogP contribution in [0.3, 0.4) is 0 Å². The average Bonchev–Trinajstić information content (AvgIpc) is 3.08. The molecule has 2 unspecified atom stereocenters. The molecule has 3 rings (SSSR count). The lowest BCUT2D eigenvalue weighted by Crippen LogP contribution is -2.21. The summed E-state index contributed by atoms with van der Waals surface area (Å²) in [5.74, 6) is 0.367. The molecule has 0 bridgehead atoms. The Balaban J connectivity index is 1.93. The van der Waals surface area contributed by atoms with Crippen LogP contribution in [0, 0.1) is 11.3 Å². The number of benzene rings is 2. The summed E-state index contributed by atoms with van der Waals surface area (Å²) in [6.07, 6.45) is 2.00. The van der Waals surface area contributed by atoms with Gasteiger partial charge in [-0.3, -0.25) is 4.90 Å². The second-order valence-corrected chi connectivity index (χ2v) is 8.86. The van der Waals surface area contributed by atoms with Gasteiger partial charge in [0, 0.05) is 31.1 Å². The van der Waals surface area contributed by atoms with Crippen LogP contribution in [-0.2, 0) is 11.3 Å². The normalized spacial score (nSPS) is 20.6. The van der Waals surface area contributed by atoms with E-state index in [-0.39, 0.29) is 11.8 Å². The van der Waals surface area contributed by atoms with Crippen molar-refractivity contribution in [3.05, 3.63) is 77.4 Å². The lowest BCUT2D eigenvalue weighted by molar-refractivity contribution is -0.133. The zero-order valence-corrected chi connectivity index (χ0v) is 17.8. The summed E-state index contributed by atoms with van der Waals surface area (Å²) in [7, 11) is 1.68. The van der Waals surface area contributed by atoms with E-state index in [0.29, 0.717) is 5.57 Å². The summed E-state index contributed by atoms with van der Waals surface area (Å²) < 4.78 is 5.42. The fraction of sp³-hybridized carbons (Fsp3) is 0.400. The maximum atomic E-state index is 11.9. The molecule has 1 N–H and O–H groups in total. The Morgan fingerprint density at radius 1 is 1.14 bits per heavy atom. The Labute approximate surface area is 173 Å². The van der Waals surface area contributed by atoms with Crippen LogP contribution >= 0.6 is 0 Å². The predicted octanol–water partition coefficient (Wildman–Crippen LogP) is 4.97. The van der Waals surface area contributed by atoms with Gasteiger partial charge in [-0.2, -0.15) is 0 Å². The number of carboxylic acid groups (broad SMARTS) is 1. The molecule has 0 saturated carbocycles. The molecule has 0 amide bonds. The molecule has 1 fully saturated rings. The maximum Gasteiger partial charge on any atom is 0.331 e. The molecular weight excluding hydrogens is 362 g/mol. The van der Waals surface area contributed by atoms with Crippen LogP contribution in [0.25, 0.3) is 0 Å². The quantitative estimate of drug-likeness (QED) is 0.704. The molecule has 1 aliphatic rings. The highest BCUT2D eigenvalue weighted by atomic mass is 16.5. The van der Waals surface area contributed by atoms with Crippen LogP contribution in [0.15, 0.2) is 66.2 Å². The third kappa shape index (κ3) is 5.27. The van der Waals surface area contributed by atoms with Crippen LogP contribution in [0.5, 0.6) is 5.75 Å². The first kappa shape index (κ1) is 21.1. The molecule has 4 nitrogen and oxygen atoms in total. The summed E-state index contributed by atoms with van der Waals surface area (Å²) in [6.45, 7) is 8.48. The van der Waals surface area contributed by atoms with Crippen LogP contribution in [0.4, 0.5) is 0 Å². The molecule has 29 heavy (non-hydrogen) atoms. The van der Waals surface area contributed by atoms with E-state index in [0.717, 1.165) is 25.4 Å². The Morgan fingerprint density at radius 2 is 1.86 bits per heavy atom. The highest BCUT2D eigenvalue weighted by molar-refractivity contribution is 5.88. The van der Waals surface area contributed by atoms with E-state index < -0.39 is 11.4 Å². The molecule has 1 saturated heterocycles. The molecule has 154 valence electrons. The molecule has 1 aliphatic heterocycles. The molecule has 2 atom stereocenters. The Hall–Kier alpha value is -2.59. The molecule has 0 aromatic heterocycles. The lowest BCUT2D eigenvalue weighted by atomic mass is 9.81. The first-order chi connectivity index (χ1) is 13.8. The standard InChI is InChI=1S/C25H31NO3/c1-25(2,3)23(24(27)28)14-20-16-26(15-18-9-6-5-7-10-18)17-22(20)19-11-8-12-21(13-19)29-4/h5-14,20,22H,15-17H2,1-4H3,(H,27,28). The summed E-state index contributed by atoms with van der Waals surface area (Å²) in [5.41, 5.74) is 2.55. The van der Waals surface area contributed by atoms with Crippen molar-refractivity contribution in [1.29, 1.82) is 0 Å². The zero-order chi connectivity index (χ0) is 21.0. The molecule has 0 radical (unpaired) electrons. The summed E-state index contributed by atoms with van der Waals surface area (Å²) in [5, 5.41) is 9.81. The highest BCUT2D eigenvalue weighted by Crippen LogP contribution is 2.38. The van der Waals surface area contributed by atoms with E-state index in [1.54, 1.807) is 7.11 Å². The van der Waals surface area contributed by atoms with Gasteiger partial charge in [0.05, 0.1) is 7.11 Å². The van der Waals surface area contributed by atoms with Crippen LogP contribution in [0.1, 0.15) is 37.8 Å². The second kappa shape index (κ2) is 8.83. The van der Waals surface area contributed by atoms with E-state index in [4.69, 9.17) is 4.74 Å². The van der Waals surface area contributed by atoms with Crippen molar-refractivity contribution in [2.45, 2.75) is 33.2 Å². The Bertz CT molecular complexity index is 867. The minimum atomic E-state index is -0.830. The van der Waals surface area contributed by atoms with Crippen molar-refractivity contribution >= 4 is 5.97 Å². The van der Waals surface area contributed by atoms with Gasteiger partial charge in [0.25, 0.3) is 0 Å². The minimum Gasteiger partial charge on any atom is -0.497 e. The number of rotatable bonds is 6. The topological polar surface area (TPSA) is 49.8 Å². The molecule has 0 aliphatic carbocycles. The number of carbonyl (C=O) groups is 1. The van der Waals surface area contributed by atoms with E-state index in [1.807, 2.05) is 45.0 Å². The van der Waals surface area contributed by atoms with Crippen molar-refractivity contribution in [1.82, 2.24) is 4.90 Å². The van der Waals surface area contributed by atoms with Crippen molar-refractivity contribution in [2.75, 3.05) is 20.2 Å². The van der Waals surface area contributed by atoms with Gasteiger partial charge in [-0.25, -0.2) is 4.79 Å². The van der Waals surface area contributed by atoms with Gasteiger partial charge < -0.3 is 9.84 Å². The molecule has 1 heterocycles. The number of methoxy groups -OCH3 is 1. The fourth-order valence-corrected chi connectivity index (χ4v) is 4.13. The first-order valence-corrected chi connectivity index (χ1v) is 10.1. The predicted molar refractivity (Wildman–Crippen MR) is 116 cm³/mol. The number of hydrogen-bond donors (Lipinski definition) is 1. The maximum absolute atomic E-state index is 11.9. The van der Waals surface area contributed by atoms with Gasteiger partial charge in [-0.05, 0) is 34.6 Å². The minimum absolute atomic E-state index is 0.135. The van der Waals surface area contributed by atoms with Crippen LogP contribution in [0.2, 0.25) is 0 Å². The van der Waals surface area contributed by atoms with Gasteiger partial charge in [-0.1, -0.05) is 69.3 Å². The monoisotopic (exact) mass is 393 g/mol. The van der Waals surface area contributed by atoms with Crippen molar-refractivity contribution in [3.63, 3.8) is 0 Å². The first-order valence-electron chi connectivity index (χ1n) is 10.1. The zero-order valence-electron chi connectivity index (χ0n) is 17.8. The smallest absolute Gasteiger partial charge is 0.331 e. The van der Waals surface area contributed by atoms with Crippen molar-refractivity contribution in [3.8, 4) is 5.75 Å². The number of carboxylic acids is 1. The fourth-order valence-electron chi connectivity index (χ4n) is 4.13. The van der Waals surface area contributed by atoms with Gasteiger partial charge in [0.1, 0.15) is 5.75 Å². The lowest BCUT2D eigenvalue weighted by Gasteiger charge is -2.23. The van der Waals surface area contributed by atoms with Crippen LogP contribution in [-0.4, -0.2) is 36.2 Å². The van der Waals surface area contributed by atoms with Crippen LogP contribution < -0.4 is 4.74 Å². The van der Waals surface area contributed by atoms with Gasteiger partial charge in [-0.15, -0.1) is 0 Å². The molecular formula is C25H31NO3. The average molecular weight is 394 g/mol. The van der Waals surface area contributed by atoms with Gasteiger partial charge in [0.15, 0.2) is 0 Å². The van der Waals surface area contributed by atoms with Gasteiger partial charge >= 0.3 is 5.97 Å². The summed E-state index contributed by atoms with van der Waals surface area (Å²) >= 11 is 0. The SMILES string of the molecule is COc1cccc(C2CN(Cc3ccccc3)CC2C=C(C(=O)O)C(C)(C)C)c1. The molecule has 0 spiro atoms. The number of aliphatic carboxylic acids is 1. The number of nitrogens with zero attached hydrogens (tertiary/aromatic N) is 1. The van der Waals surface area contributed by atoms with E-state index in [2.05, 4.69) is 41.3 Å². The number of ether oxygens (including phenoxy) is 1. The Morgan fingerprint density at radius 3 is 2.48 bits per heavy atom. The number of likely N-dealkylation sites (tertiary alicyclic amines) is 1. The molecule has 4 heteroatoms. The van der Waals surface area contributed by atoms with Crippen molar-refractivity contribution in [2.24, 2.45) is 11.3 Å². The number of hydrogen-bond acceptors (Lipinski definition) is 3. The third-order valence-corrected chi connectivity index (χ3v) is 5.63. The van der Waals surface area contributed by atoms with E-state index >= 15 is 0 Å². The summed E-state index contributed by atoms with van der Waals surface area (Å²) in [4.78, 5) is 14.4. The molecule has 2 aromatic rings. The van der Waals surface area contributed by atoms with E-state index in [9.17, 15) is 9.90 Å². The Kier molecular flexibility index (Phi) is 6.43. The molecule has 2 aromatic carbocycles. The van der Waals surface area contributed by atoms with E-state index in [1.165, 1.54) is 11.1 Å². The third-order valence-electron chi connectivity index (χ3n) is 5.63. The highest BCUT2D eigenvalue weighted by Gasteiger charge is 2.35. The van der Waals surface area contributed by atoms with Crippen molar-refractivity contribution < 1.29 is 14.6 Å².